The highest BCUT2D eigenvalue weighted by atomic mass is 32.2. The number of nitrogens with two attached hydrogens (primary N) is 1. The maximum atomic E-state index is 12.2. The van der Waals surface area contributed by atoms with E-state index in [4.69, 9.17) is 5.14 Å². The van der Waals surface area contributed by atoms with Crippen molar-refractivity contribution in [2.75, 3.05) is 11.4 Å². The quantitative estimate of drug-likeness (QED) is 0.914. The van der Waals surface area contributed by atoms with Crippen LogP contribution in [0, 0.1) is 6.92 Å². The third-order valence-corrected chi connectivity index (χ3v) is 5.17. The maximum absolute atomic E-state index is 12.2. The smallest absolute Gasteiger partial charge is 0.228 e. The van der Waals surface area contributed by atoms with Gasteiger partial charge in [-0.25, -0.2) is 13.6 Å². The van der Waals surface area contributed by atoms with Gasteiger partial charge in [0, 0.05) is 18.4 Å². The topological polar surface area (TPSA) is 80.5 Å². The van der Waals surface area contributed by atoms with E-state index < -0.39 is 15.3 Å². The molecule has 1 saturated heterocycles. The zero-order valence-electron chi connectivity index (χ0n) is 11.6. The molecule has 1 amide bonds. The molecule has 1 aliphatic rings. The van der Waals surface area contributed by atoms with Gasteiger partial charge in [-0.3, -0.25) is 4.79 Å². The Hall–Kier alpha value is -1.92. The van der Waals surface area contributed by atoms with Gasteiger partial charge in [0.15, 0.2) is 0 Å². The summed E-state index contributed by atoms with van der Waals surface area (Å²) in [7, 11) is -3.71. The molecule has 0 aromatic heterocycles. The van der Waals surface area contributed by atoms with Gasteiger partial charge in [0.25, 0.3) is 0 Å². The van der Waals surface area contributed by atoms with Crippen LogP contribution >= 0.6 is 0 Å². The van der Waals surface area contributed by atoms with Crippen molar-refractivity contribution in [2.24, 2.45) is 5.14 Å². The Labute approximate surface area is 123 Å². The number of amides is 1. The minimum absolute atomic E-state index is 0.0541. The summed E-state index contributed by atoms with van der Waals surface area (Å²) >= 11 is 0. The molecule has 1 atom stereocenters. The number of carbonyl (C=O) groups excluding carboxylic acids is 1. The second kappa shape index (κ2) is 4.82. The largest absolute Gasteiger partial charge is 0.310 e. The number of sulfonamides is 1. The van der Waals surface area contributed by atoms with E-state index in [1.807, 2.05) is 43.3 Å². The van der Waals surface area contributed by atoms with Crippen LogP contribution < -0.4 is 10.0 Å². The predicted octanol–water partition coefficient (Wildman–Crippen LogP) is 1.54. The summed E-state index contributed by atoms with van der Waals surface area (Å²) in [4.78, 5) is 13.8. The number of nitrogens with zero attached hydrogens (tertiary/aromatic N) is 1. The molecule has 110 valence electrons. The Bertz CT molecular complexity index is 830. The minimum Gasteiger partial charge on any atom is -0.310 e. The van der Waals surface area contributed by atoms with Gasteiger partial charge in [-0.2, -0.15) is 0 Å². The molecule has 2 N–H and O–H groups in total. The molecular formula is C15H16N2O3S. The van der Waals surface area contributed by atoms with E-state index in [-0.39, 0.29) is 18.9 Å². The summed E-state index contributed by atoms with van der Waals surface area (Å²) in [5, 5.41) is 6.32. The van der Waals surface area contributed by atoms with Crippen LogP contribution in [0.4, 0.5) is 5.69 Å². The zero-order chi connectivity index (χ0) is 15.2. The lowest BCUT2D eigenvalue weighted by Gasteiger charge is -2.21. The number of aryl methyl sites for hydroxylation is 1. The van der Waals surface area contributed by atoms with Crippen LogP contribution in [-0.4, -0.2) is 26.1 Å². The van der Waals surface area contributed by atoms with Crippen molar-refractivity contribution in [3.63, 3.8) is 0 Å². The molecule has 3 rings (SSSR count). The molecule has 0 bridgehead atoms. The Kier molecular flexibility index (Phi) is 3.22. The van der Waals surface area contributed by atoms with Crippen LogP contribution in [0.15, 0.2) is 36.4 Å². The van der Waals surface area contributed by atoms with Gasteiger partial charge in [-0.15, -0.1) is 0 Å². The Morgan fingerprint density at radius 2 is 1.90 bits per heavy atom. The summed E-state index contributed by atoms with van der Waals surface area (Å²) in [5.74, 6) is -0.200. The first kappa shape index (κ1) is 14.0. The van der Waals surface area contributed by atoms with Gasteiger partial charge in [-0.05, 0) is 17.9 Å². The van der Waals surface area contributed by atoms with Crippen molar-refractivity contribution < 1.29 is 13.2 Å². The summed E-state index contributed by atoms with van der Waals surface area (Å²) in [6.07, 6.45) is -0.0541. The highest BCUT2D eigenvalue weighted by Gasteiger charge is 2.38. The van der Waals surface area contributed by atoms with Crippen LogP contribution in [0.25, 0.3) is 10.8 Å². The van der Waals surface area contributed by atoms with Gasteiger partial charge >= 0.3 is 0 Å². The molecule has 2 aromatic rings. The summed E-state index contributed by atoms with van der Waals surface area (Å²) < 4.78 is 23.0. The molecule has 0 saturated carbocycles. The fraction of sp³-hybridized carbons (Fsp3) is 0.267. The lowest BCUT2D eigenvalue weighted by atomic mass is 10.0. The average molecular weight is 304 g/mol. The first-order valence-electron chi connectivity index (χ1n) is 6.68. The number of anilines is 1. The van der Waals surface area contributed by atoms with Crippen LogP contribution in [0.1, 0.15) is 12.0 Å². The van der Waals surface area contributed by atoms with Crippen molar-refractivity contribution in [1.82, 2.24) is 0 Å². The predicted molar refractivity (Wildman–Crippen MR) is 82.6 cm³/mol. The Morgan fingerprint density at radius 3 is 2.57 bits per heavy atom. The molecule has 1 heterocycles. The number of benzene rings is 2. The second-order valence-corrected chi connectivity index (χ2v) is 7.22. The number of hydrogen-bond acceptors (Lipinski definition) is 3. The van der Waals surface area contributed by atoms with Crippen LogP contribution in [0.3, 0.4) is 0 Å². The number of hydrogen-bond donors (Lipinski definition) is 1. The number of carbonyl (C=O) groups is 1. The first-order chi connectivity index (χ1) is 9.88. The van der Waals surface area contributed by atoms with E-state index in [9.17, 15) is 13.2 Å². The van der Waals surface area contributed by atoms with E-state index >= 15 is 0 Å². The molecule has 1 unspecified atom stereocenters. The van der Waals surface area contributed by atoms with E-state index in [1.165, 1.54) is 0 Å². The summed E-state index contributed by atoms with van der Waals surface area (Å²) in [6, 6.07) is 11.7. The normalized spacial score (nSPS) is 19.4. The van der Waals surface area contributed by atoms with Crippen molar-refractivity contribution >= 4 is 32.4 Å². The van der Waals surface area contributed by atoms with Gasteiger partial charge in [-0.1, -0.05) is 36.4 Å². The van der Waals surface area contributed by atoms with Crippen molar-refractivity contribution in [1.29, 1.82) is 0 Å². The lowest BCUT2D eigenvalue weighted by molar-refractivity contribution is -0.117. The zero-order valence-corrected chi connectivity index (χ0v) is 12.4. The maximum Gasteiger partial charge on any atom is 0.228 e. The summed E-state index contributed by atoms with van der Waals surface area (Å²) in [6.45, 7) is 2.03. The minimum atomic E-state index is -3.71. The fourth-order valence-electron chi connectivity index (χ4n) is 2.83. The SMILES string of the molecule is Cc1ccc2ccccc2c1N1CC(S(N)(=O)=O)CC1=O. The molecular weight excluding hydrogens is 288 g/mol. The standard InChI is InChI=1S/C15H16N2O3S/c1-10-6-7-11-4-2-3-5-13(11)15(10)17-9-12(8-14(17)18)21(16,19)20/h2-7,12H,8-9H2,1H3,(H2,16,19,20). The van der Waals surface area contributed by atoms with Crippen molar-refractivity contribution in [3.05, 3.63) is 42.0 Å². The molecule has 0 aliphatic carbocycles. The summed E-state index contributed by atoms with van der Waals surface area (Å²) in [5.41, 5.74) is 1.72. The van der Waals surface area contributed by atoms with E-state index in [1.54, 1.807) is 4.90 Å². The molecule has 6 heteroatoms. The number of fused-ring (bicyclic) bond motifs is 1. The average Bonchev–Trinajstić information content (AvgIpc) is 2.80. The molecule has 0 radical (unpaired) electrons. The molecule has 5 nitrogen and oxygen atoms in total. The van der Waals surface area contributed by atoms with Gasteiger partial charge in [0.1, 0.15) is 5.25 Å². The second-order valence-electron chi connectivity index (χ2n) is 5.37. The highest BCUT2D eigenvalue weighted by Crippen LogP contribution is 2.34. The van der Waals surface area contributed by atoms with E-state index in [0.717, 1.165) is 22.0 Å². The van der Waals surface area contributed by atoms with Crippen LogP contribution in [0.2, 0.25) is 0 Å². The monoisotopic (exact) mass is 304 g/mol. The van der Waals surface area contributed by atoms with Crippen LogP contribution in [-0.2, 0) is 14.8 Å². The lowest BCUT2D eigenvalue weighted by Crippen LogP contribution is -2.32. The fourth-order valence-corrected chi connectivity index (χ4v) is 3.57. The Morgan fingerprint density at radius 1 is 1.19 bits per heavy atom. The third-order valence-electron chi connectivity index (χ3n) is 3.93. The van der Waals surface area contributed by atoms with E-state index in [0.29, 0.717) is 0 Å². The third kappa shape index (κ3) is 2.41. The van der Waals surface area contributed by atoms with Gasteiger partial charge in [0.2, 0.25) is 15.9 Å². The van der Waals surface area contributed by atoms with E-state index in [2.05, 4.69) is 0 Å². The van der Waals surface area contributed by atoms with Gasteiger partial charge < -0.3 is 4.90 Å². The van der Waals surface area contributed by atoms with Crippen molar-refractivity contribution in [3.8, 4) is 0 Å². The molecule has 1 aliphatic heterocycles. The first-order valence-corrected chi connectivity index (χ1v) is 8.29. The van der Waals surface area contributed by atoms with Crippen molar-refractivity contribution in [2.45, 2.75) is 18.6 Å². The van der Waals surface area contributed by atoms with Crippen LogP contribution in [0.5, 0.6) is 0 Å². The molecule has 21 heavy (non-hydrogen) atoms. The molecule has 2 aromatic carbocycles. The molecule has 0 spiro atoms. The molecule has 1 fully saturated rings. The van der Waals surface area contributed by atoms with Gasteiger partial charge in [0.05, 0.1) is 5.69 Å². The highest BCUT2D eigenvalue weighted by molar-refractivity contribution is 7.89. The number of primary sulfonamides is 1. The Balaban J connectivity index is 2.13. The number of rotatable bonds is 2.